The molecule has 0 fully saturated rings. The predicted octanol–water partition coefficient (Wildman–Crippen LogP) is 3.12. The van der Waals surface area contributed by atoms with Gasteiger partial charge in [0.1, 0.15) is 11.5 Å². The van der Waals surface area contributed by atoms with Crippen LogP contribution in [-0.4, -0.2) is 19.2 Å². The van der Waals surface area contributed by atoms with Crippen molar-refractivity contribution in [3.63, 3.8) is 0 Å². The fourth-order valence-electron chi connectivity index (χ4n) is 1.58. The molecule has 0 atom stereocenters. The van der Waals surface area contributed by atoms with E-state index in [9.17, 15) is 4.79 Å². The van der Waals surface area contributed by atoms with Crippen LogP contribution in [0.5, 0.6) is 5.75 Å². The van der Waals surface area contributed by atoms with Crippen LogP contribution in [0.4, 0.5) is 0 Å². The number of rotatable bonds is 4. The molecule has 20 heavy (non-hydrogen) atoms. The molecule has 1 aromatic heterocycles. The molecule has 0 radical (unpaired) electrons. The first kappa shape index (κ1) is 14.3. The van der Waals surface area contributed by atoms with Gasteiger partial charge in [0.25, 0.3) is 0 Å². The van der Waals surface area contributed by atoms with Crippen LogP contribution >= 0.6 is 15.9 Å². The predicted molar refractivity (Wildman–Crippen MR) is 79.2 cm³/mol. The van der Waals surface area contributed by atoms with Gasteiger partial charge in [-0.3, -0.25) is 4.79 Å². The minimum Gasteiger partial charge on any atom is -0.496 e. The molecule has 0 bridgehead atoms. The molecule has 0 saturated carbocycles. The molecule has 2 rings (SSSR count). The van der Waals surface area contributed by atoms with E-state index in [-0.39, 0.29) is 5.76 Å². The van der Waals surface area contributed by atoms with Crippen molar-refractivity contribution in [2.45, 2.75) is 6.92 Å². The Labute approximate surface area is 124 Å². The molecule has 0 aliphatic heterocycles. The number of aryl methyl sites for hydroxylation is 1. The highest BCUT2D eigenvalue weighted by molar-refractivity contribution is 9.10. The summed E-state index contributed by atoms with van der Waals surface area (Å²) in [6.45, 7) is 1.77. The summed E-state index contributed by atoms with van der Waals surface area (Å²) in [5.41, 5.74) is 3.15. The lowest BCUT2D eigenvalue weighted by Crippen LogP contribution is -2.16. The molecule has 0 unspecified atom stereocenters. The summed E-state index contributed by atoms with van der Waals surface area (Å²) in [5, 5.41) is 3.89. The van der Waals surface area contributed by atoms with Crippen LogP contribution in [0, 0.1) is 6.92 Å². The Morgan fingerprint density at radius 2 is 2.20 bits per heavy atom. The highest BCUT2D eigenvalue weighted by Crippen LogP contribution is 2.21. The second-order valence-corrected chi connectivity index (χ2v) is 4.91. The number of hydrogen-bond donors (Lipinski definition) is 1. The third kappa shape index (κ3) is 3.48. The Morgan fingerprint density at radius 3 is 2.85 bits per heavy atom. The first-order valence-electron chi connectivity index (χ1n) is 5.83. The summed E-state index contributed by atoms with van der Waals surface area (Å²) in [6.07, 6.45) is 1.51. The number of nitrogens with zero attached hydrogens (tertiary/aromatic N) is 1. The summed E-state index contributed by atoms with van der Waals surface area (Å²) in [6, 6.07) is 8.82. The lowest BCUT2D eigenvalue weighted by atomic mass is 10.2. The molecule has 1 heterocycles. The van der Waals surface area contributed by atoms with Crippen molar-refractivity contribution in [1.82, 2.24) is 5.43 Å². The van der Waals surface area contributed by atoms with Gasteiger partial charge in [0.2, 0.25) is 0 Å². The number of benzene rings is 1. The zero-order valence-corrected chi connectivity index (χ0v) is 12.6. The number of methoxy groups -OCH3 is 1. The fraction of sp³-hybridized carbons (Fsp3) is 0.143. The average molecular weight is 337 g/mol. The molecule has 1 N–H and O–H groups in total. The zero-order chi connectivity index (χ0) is 14.5. The van der Waals surface area contributed by atoms with Gasteiger partial charge in [-0.2, -0.15) is 5.10 Å². The van der Waals surface area contributed by atoms with Gasteiger partial charge in [0, 0.05) is 10.0 Å². The van der Waals surface area contributed by atoms with E-state index in [1.54, 1.807) is 26.2 Å². The smallest absolute Gasteiger partial charge is 0.307 e. The third-order valence-corrected chi connectivity index (χ3v) is 3.02. The normalized spacial score (nSPS) is 10.8. The molecule has 0 spiro atoms. The summed E-state index contributed by atoms with van der Waals surface area (Å²) in [5.74, 6) is 1.16. The lowest BCUT2D eigenvalue weighted by Gasteiger charge is -2.04. The zero-order valence-electron chi connectivity index (χ0n) is 11.0. The van der Waals surface area contributed by atoms with Crippen LogP contribution in [0.3, 0.4) is 0 Å². The van der Waals surface area contributed by atoms with Gasteiger partial charge in [0.15, 0.2) is 5.76 Å². The Morgan fingerprint density at radius 1 is 1.40 bits per heavy atom. The van der Waals surface area contributed by atoms with E-state index < -0.39 is 5.91 Å². The van der Waals surface area contributed by atoms with Crippen molar-refractivity contribution in [3.8, 4) is 5.75 Å². The van der Waals surface area contributed by atoms with E-state index in [1.807, 2.05) is 18.2 Å². The number of hydrazone groups is 1. The summed E-state index contributed by atoms with van der Waals surface area (Å²) in [7, 11) is 1.57. The minimum atomic E-state index is -0.400. The number of hydrogen-bond acceptors (Lipinski definition) is 4. The minimum absolute atomic E-state index is 0.223. The highest BCUT2D eigenvalue weighted by Gasteiger charge is 2.08. The first-order valence-corrected chi connectivity index (χ1v) is 6.63. The number of carbonyl (C=O) groups excluding carboxylic acids is 1. The molecule has 0 saturated heterocycles. The van der Waals surface area contributed by atoms with Crippen molar-refractivity contribution < 1.29 is 13.9 Å². The van der Waals surface area contributed by atoms with Crippen LogP contribution in [0.25, 0.3) is 0 Å². The van der Waals surface area contributed by atoms with Crippen molar-refractivity contribution >= 4 is 28.1 Å². The molecule has 1 aromatic carbocycles. The Kier molecular flexibility index (Phi) is 4.57. The standard InChI is InChI=1S/C14H13BrN2O3/c1-9-3-5-13(20-9)14(18)17-16-8-10-7-11(15)4-6-12(10)19-2/h3-8H,1-2H3,(H,17,18)/b16-8+. The van der Waals surface area contributed by atoms with Crippen molar-refractivity contribution in [2.24, 2.45) is 5.10 Å². The van der Waals surface area contributed by atoms with Gasteiger partial charge in [-0.05, 0) is 37.3 Å². The number of amides is 1. The molecule has 5 nitrogen and oxygen atoms in total. The molecule has 2 aromatic rings. The van der Waals surface area contributed by atoms with Crippen LogP contribution in [0.1, 0.15) is 21.9 Å². The summed E-state index contributed by atoms with van der Waals surface area (Å²) >= 11 is 3.37. The monoisotopic (exact) mass is 336 g/mol. The van der Waals surface area contributed by atoms with Gasteiger partial charge >= 0.3 is 5.91 Å². The number of halogens is 1. The van der Waals surface area contributed by atoms with E-state index in [4.69, 9.17) is 9.15 Å². The van der Waals surface area contributed by atoms with Gasteiger partial charge in [-0.25, -0.2) is 5.43 Å². The topological polar surface area (TPSA) is 63.8 Å². The van der Waals surface area contributed by atoms with Gasteiger partial charge in [-0.15, -0.1) is 0 Å². The largest absolute Gasteiger partial charge is 0.496 e. The van der Waals surface area contributed by atoms with E-state index in [0.717, 1.165) is 10.0 Å². The quantitative estimate of drug-likeness (QED) is 0.689. The maximum atomic E-state index is 11.7. The van der Waals surface area contributed by atoms with Crippen LogP contribution in [-0.2, 0) is 0 Å². The maximum absolute atomic E-state index is 11.7. The van der Waals surface area contributed by atoms with Gasteiger partial charge < -0.3 is 9.15 Å². The number of carbonyl (C=O) groups is 1. The fourth-order valence-corrected chi connectivity index (χ4v) is 1.96. The van der Waals surface area contributed by atoms with Crippen molar-refractivity contribution in [2.75, 3.05) is 7.11 Å². The van der Waals surface area contributed by atoms with Crippen LogP contribution in [0.2, 0.25) is 0 Å². The molecular formula is C14H13BrN2O3. The summed E-state index contributed by atoms with van der Waals surface area (Å²) in [4.78, 5) is 11.7. The van der Waals surface area contributed by atoms with Crippen LogP contribution in [0.15, 0.2) is 44.3 Å². The van der Waals surface area contributed by atoms with E-state index >= 15 is 0 Å². The van der Waals surface area contributed by atoms with Gasteiger partial charge in [0.05, 0.1) is 13.3 Å². The molecule has 0 aliphatic rings. The van der Waals surface area contributed by atoms with Crippen molar-refractivity contribution in [3.05, 3.63) is 51.9 Å². The SMILES string of the molecule is COc1ccc(Br)cc1/C=N/NC(=O)c1ccc(C)o1. The second kappa shape index (κ2) is 6.38. The molecule has 1 amide bonds. The van der Waals surface area contributed by atoms with Crippen molar-refractivity contribution in [1.29, 1.82) is 0 Å². The first-order chi connectivity index (χ1) is 9.60. The molecule has 104 valence electrons. The number of ether oxygens (including phenoxy) is 1. The Bertz CT molecular complexity index is 650. The molecule has 6 heteroatoms. The van der Waals surface area contributed by atoms with E-state index in [0.29, 0.717) is 11.5 Å². The van der Waals surface area contributed by atoms with E-state index in [2.05, 4.69) is 26.5 Å². The molecular weight excluding hydrogens is 324 g/mol. The second-order valence-electron chi connectivity index (χ2n) is 4.00. The maximum Gasteiger partial charge on any atom is 0.307 e. The molecule has 0 aliphatic carbocycles. The summed E-state index contributed by atoms with van der Waals surface area (Å²) < 4.78 is 11.3. The Hall–Kier alpha value is -2.08. The third-order valence-electron chi connectivity index (χ3n) is 2.53. The van der Waals surface area contributed by atoms with Crippen LogP contribution < -0.4 is 10.2 Å². The number of nitrogens with one attached hydrogen (secondary N) is 1. The van der Waals surface area contributed by atoms with Gasteiger partial charge in [-0.1, -0.05) is 15.9 Å². The lowest BCUT2D eigenvalue weighted by molar-refractivity contribution is 0.0926. The number of furan rings is 1. The highest BCUT2D eigenvalue weighted by atomic mass is 79.9. The average Bonchev–Trinajstić information content (AvgIpc) is 2.86. The van der Waals surface area contributed by atoms with E-state index in [1.165, 1.54) is 6.21 Å². The Balaban J connectivity index is 2.07.